The van der Waals surface area contributed by atoms with Crippen LogP contribution in [0.2, 0.25) is 0 Å². The first kappa shape index (κ1) is 19.0. The summed E-state index contributed by atoms with van der Waals surface area (Å²) >= 11 is 0. The van der Waals surface area contributed by atoms with Gasteiger partial charge in [-0.15, -0.1) is 0 Å². The van der Waals surface area contributed by atoms with Crippen LogP contribution in [0.25, 0.3) is 0 Å². The second-order valence-electron chi connectivity index (χ2n) is 6.48. The third-order valence-electron chi connectivity index (χ3n) is 4.55. The van der Waals surface area contributed by atoms with Crippen LogP contribution >= 0.6 is 0 Å². The molecule has 2 N–H and O–H groups in total. The number of ketones is 1. The zero-order valence-corrected chi connectivity index (χ0v) is 14.8. The molecule has 0 radical (unpaired) electrons. The summed E-state index contributed by atoms with van der Waals surface area (Å²) in [4.78, 5) is 35.3. The predicted molar refractivity (Wildman–Crippen MR) is 94.7 cm³/mol. The highest BCUT2D eigenvalue weighted by Crippen LogP contribution is 2.23. The Morgan fingerprint density at radius 2 is 1.80 bits per heavy atom. The number of ether oxygens (including phenoxy) is 1. The van der Waals surface area contributed by atoms with Crippen LogP contribution in [0, 0.1) is 5.92 Å². The van der Waals surface area contributed by atoms with Crippen molar-refractivity contribution in [3.05, 3.63) is 29.8 Å². The van der Waals surface area contributed by atoms with E-state index in [9.17, 15) is 14.4 Å². The number of hydrogen-bond donors (Lipinski definition) is 2. The number of urea groups is 1. The lowest BCUT2D eigenvalue weighted by atomic mass is 9.86. The average molecular weight is 346 g/mol. The maximum atomic E-state index is 11.9. The number of carbonyl (C=O) groups is 3. The molecule has 1 saturated carbocycles. The number of amides is 3. The fraction of sp³-hybridized carbons (Fsp3) is 0.526. The molecular formula is C19H26N2O4. The summed E-state index contributed by atoms with van der Waals surface area (Å²) < 4.78 is 5.34. The van der Waals surface area contributed by atoms with Crippen molar-refractivity contribution in [3.63, 3.8) is 0 Å². The molecule has 1 aromatic rings. The van der Waals surface area contributed by atoms with Crippen LogP contribution in [0.4, 0.5) is 4.79 Å². The minimum atomic E-state index is -0.505. The number of hydrogen-bond acceptors (Lipinski definition) is 4. The number of nitrogens with one attached hydrogen (secondary N) is 2. The predicted octanol–water partition coefficient (Wildman–Crippen LogP) is 3.06. The summed E-state index contributed by atoms with van der Waals surface area (Å²) in [5.41, 5.74) is 0.611. The molecule has 0 bridgehead atoms. The second-order valence-corrected chi connectivity index (χ2v) is 6.48. The lowest BCUT2D eigenvalue weighted by molar-refractivity contribution is -0.122. The zero-order chi connectivity index (χ0) is 18.2. The van der Waals surface area contributed by atoms with E-state index in [2.05, 4.69) is 17.6 Å². The maximum Gasteiger partial charge on any atom is 0.321 e. The van der Waals surface area contributed by atoms with Gasteiger partial charge in [0.1, 0.15) is 5.75 Å². The van der Waals surface area contributed by atoms with Gasteiger partial charge < -0.3 is 10.1 Å². The van der Waals surface area contributed by atoms with E-state index < -0.39 is 11.9 Å². The smallest absolute Gasteiger partial charge is 0.321 e. The van der Waals surface area contributed by atoms with Gasteiger partial charge in [-0.2, -0.15) is 0 Å². The van der Waals surface area contributed by atoms with Gasteiger partial charge in [0, 0.05) is 18.0 Å². The largest absolute Gasteiger partial charge is 0.484 e. The molecule has 6 nitrogen and oxygen atoms in total. The molecule has 2 atom stereocenters. The van der Waals surface area contributed by atoms with Crippen molar-refractivity contribution >= 4 is 17.7 Å². The van der Waals surface area contributed by atoms with Gasteiger partial charge in [-0.25, -0.2) is 4.79 Å². The SMILES string of the molecule is CCC(=O)c1ccc(OCC(=O)NC(=O)N[C@@H]2CCCC[C@@H]2C)cc1. The van der Waals surface area contributed by atoms with Crippen molar-refractivity contribution in [2.24, 2.45) is 5.92 Å². The Kier molecular flexibility index (Phi) is 6.98. The van der Waals surface area contributed by atoms with E-state index in [4.69, 9.17) is 4.74 Å². The van der Waals surface area contributed by atoms with Gasteiger partial charge in [0.15, 0.2) is 12.4 Å². The van der Waals surface area contributed by atoms with Crippen LogP contribution in [0.1, 0.15) is 56.3 Å². The summed E-state index contributed by atoms with van der Waals surface area (Å²) in [5.74, 6) is 0.451. The van der Waals surface area contributed by atoms with Crippen molar-refractivity contribution < 1.29 is 19.1 Å². The summed E-state index contributed by atoms with van der Waals surface area (Å²) in [6.07, 6.45) is 4.78. The number of rotatable bonds is 6. The zero-order valence-electron chi connectivity index (χ0n) is 14.8. The average Bonchev–Trinajstić information content (AvgIpc) is 2.61. The summed E-state index contributed by atoms with van der Waals surface area (Å²) in [6.45, 7) is 3.66. The fourth-order valence-corrected chi connectivity index (χ4v) is 2.99. The monoisotopic (exact) mass is 346 g/mol. The fourth-order valence-electron chi connectivity index (χ4n) is 2.99. The minimum Gasteiger partial charge on any atom is -0.484 e. The molecule has 0 heterocycles. The number of benzene rings is 1. The molecule has 1 aliphatic rings. The Morgan fingerprint density at radius 3 is 2.44 bits per heavy atom. The van der Waals surface area contributed by atoms with Crippen LogP contribution in [-0.4, -0.2) is 30.4 Å². The normalized spacial score (nSPS) is 19.8. The third-order valence-corrected chi connectivity index (χ3v) is 4.55. The summed E-state index contributed by atoms with van der Waals surface area (Å²) in [7, 11) is 0. The molecule has 1 aromatic carbocycles. The maximum absolute atomic E-state index is 11.9. The van der Waals surface area contributed by atoms with Gasteiger partial charge >= 0.3 is 6.03 Å². The lowest BCUT2D eigenvalue weighted by Crippen LogP contribution is -2.48. The quantitative estimate of drug-likeness (QED) is 0.775. The second kappa shape index (κ2) is 9.20. The minimum absolute atomic E-state index is 0.0536. The molecule has 136 valence electrons. The Bertz CT molecular complexity index is 612. The highest BCUT2D eigenvalue weighted by atomic mass is 16.5. The number of Topliss-reactive ketones (excluding diaryl/α,β-unsaturated/α-hetero) is 1. The molecule has 25 heavy (non-hydrogen) atoms. The van der Waals surface area contributed by atoms with E-state index >= 15 is 0 Å². The van der Waals surface area contributed by atoms with Crippen molar-refractivity contribution in [1.82, 2.24) is 10.6 Å². The van der Waals surface area contributed by atoms with E-state index in [0.717, 1.165) is 19.3 Å². The van der Waals surface area contributed by atoms with Gasteiger partial charge in [0.25, 0.3) is 5.91 Å². The molecule has 0 saturated heterocycles. The molecule has 0 spiro atoms. The molecule has 0 aromatic heterocycles. The number of imide groups is 1. The van der Waals surface area contributed by atoms with Crippen LogP contribution in [-0.2, 0) is 4.79 Å². The van der Waals surface area contributed by atoms with E-state index in [1.54, 1.807) is 31.2 Å². The van der Waals surface area contributed by atoms with Crippen molar-refractivity contribution in [3.8, 4) is 5.75 Å². The molecule has 1 aliphatic carbocycles. The molecule has 0 aliphatic heterocycles. The molecule has 6 heteroatoms. The van der Waals surface area contributed by atoms with Gasteiger partial charge in [-0.1, -0.05) is 26.7 Å². The van der Waals surface area contributed by atoms with Crippen molar-refractivity contribution in [1.29, 1.82) is 0 Å². The molecule has 0 unspecified atom stereocenters. The molecule has 3 amide bonds. The first-order valence-electron chi connectivity index (χ1n) is 8.86. The molecule has 2 rings (SSSR count). The van der Waals surface area contributed by atoms with Gasteiger partial charge in [-0.05, 0) is 43.0 Å². The highest BCUT2D eigenvalue weighted by Gasteiger charge is 2.23. The molecular weight excluding hydrogens is 320 g/mol. The lowest BCUT2D eigenvalue weighted by Gasteiger charge is -2.29. The van der Waals surface area contributed by atoms with E-state index in [1.165, 1.54) is 6.42 Å². The van der Waals surface area contributed by atoms with E-state index in [0.29, 0.717) is 23.7 Å². The standard InChI is InChI=1S/C19H26N2O4/c1-3-17(22)14-8-10-15(11-9-14)25-12-18(23)21-19(24)20-16-7-5-4-6-13(16)2/h8-11,13,16H,3-7,12H2,1-2H3,(H2,20,21,23,24)/t13-,16+/m0/s1. The first-order valence-corrected chi connectivity index (χ1v) is 8.86. The van der Waals surface area contributed by atoms with Crippen molar-refractivity contribution in [2.45, 2.75) is 52.0 Å². The Hall–Kier alpha value is -2.37. The first-order chi connectivity index (χ1) is 12.0. The Labute approximate surface area is 148 Å². The van der Waals surface area contributed by atoms with Gasteiger partial charge in [0.2, 0.25) is 0 Å². The Balaban J connectivity index is 1.74. The van der Waals surface area contributed by atoms with Crippen LogP contribution in [0.15, 0.2) is 24.3 Å². The Morgan fingerprint density at radius 1 is 1.12 bits per heavy atom. The van der Waals surface area contributed by atoms with Crippen LogP contribution in [0.3, 0.4) is 0 Å². The van der Waals surface area contributed by atoms with E-state index in [1.807, 2.05) is 0 Å². The number of carbonyl (C=O) groups excluding carboxylic acids is 3. The topological polar surface area (TPSA) is 84.5 Å². The van der Waals surface area contributed by atoms with E-state index in [-0.39, 0.29) is 18.4 Å². The van der Waals surface area contributed by atoms with Crippen molar-refractivity contribution in [2.75, 3.05) is 6.61 Å². The third kappa shape index (κ3) is 5.89. The molecule has 1 fully saturated rings. The van der Waals surface area contributed by atoms with Gasteiger partial charge in [0.05, 0.1) is 0 Å². The van der Waals surface area contributed by atoms with Crippen LogP contribution < -0.4 is 15.4 Å². The van der Waals surface area contributed by atoms with Crippen LogP contribution in [0.5, 0.6) is 5.75 Å². The summed E-state index contributed by atoms with van der Waals surface area (Å²) in [6, 6.07) is 6.24. The summed E-state index contributed by atoms with van der Waals surface area (Å²) in [5, 5.41) is 5.15. The van der Waals surface area contributed by atoms with Gasteiger partial charge in [-0.3, -0.25) is 14.9 Å². The highest BCUT2D eigenvalue weighted by molar-refractivity contribution is 5.96.